The van der Waals surface area contributed by atoms with Crippen molar-refractivity contribution in [1.82, 2.24) is 24.6 Å². The third kappa shape index (κ3) is 3.77. The number of likely N-dealkylation sites (tertiary alicyclic amines) is 1. The molecule has 4 aromatic rings. The Bertz CT molecular complexity index is 1240. The molecule has 0 radical (unpaired) electrons. The third-order valence-corrected chi connectivity index (χ3v) is 6.07. The SMILES string of the molecule is CC(c1nc2ccccc2n1C(F)F)N1CCCC(c2nc(-c3cccc(F)c3)no2)C1. The molecule has 6 nitrogen and oxygen atoms in total. The van der Waals surface area contributed by atoms with Crippen molar-refractivity contribution in [3.05, 3.63) is 66.1 Å². The van der Waals surface area contributed by atoms with E-state index in [2.05, 4.69) is 20.0 Å². The Hall–Kier alpha value is -3.20. The smallest absolute Gasteiger partial charge is 0.320 e. The van der Waals surface area contributed by atoms with Gasteiger partial charge in [0.05, 0.1) is 23.0 Å². The second-order valence-electron chi connectivity index (χ2n) is 8.08. The number of piperidine rings is 1. The summed E-state index contributed by atoms with van der Waals surface area (Å²) in [5, 5.41) is 4.01. The fraction of sp³-hybridized carbons (Fsp3) is 0.348. The van der Waals surface area contributed by atoms with Crippen molar-refractivity contribution in [2.24, 2.45) is 0 Å². The van der Waals surface area contributed by atoms with Gasteiger partial charge in [0, 0.05) is 12.1 Å². The predicted molar refractivity (Wildman–Crippen MR) is 113 cm³/mol. The Labute approximate surface area is 182 Å². The maximum absolute atomic E-state index is 13.9. The van der Waals surface area contributed by atoms with Gasteiger partial charge in [-0.25, -0.2) is 9.37 Å². The van der Waals surface area contributed by atoms with Gasteiger partial charge in [-0.05, 0) is 50.6 Å². The number of fused-ring (bicyclic) bond motifs is 1. The average Bonchev–Trinajstić information content (AvgIpc) is 3.44. The van der Waals surface area contributed by atoms with Crippen molar-refractivity contribution in [1.29, 1.82) is 0 Å². The van der Waals surface area contributed by atoms with Crippen LogP contribution in [0.5, 0.6) is 0 Å². The van der Waals surface area contributed by atoms with E-state index in [4.69, 9.17) is 4.52 Å². The molecule has 0 bridgehead atoms. The van der Waals surface area contributed by atoms with Crippen LogP contribution in [0.25, 0.3) is 22.4 Å². The molecule has 2 aromatic heterocycles. The number of alkyl halides is 2. The molecule has 32 heavy (non-hydrogen) atoms. The molecule has 2 atom stereocenters. The van der Waals surface area contributed by atoms with Gasteiger partial charge in [0.25, 0.3) is 0 Å². The van der Waals surface area contributed by atoms with E-state index in [9.17, 15) is 13.2 Å². The summed E-state index contributed by atoms with van der Waals surface area (Å²) in [5.41, 5.74) is 1.53. The van der Waals surface area contributed by atoms with Crippen LogP contribution in [0.1, 0.15) is 50.0 Å². The van der Waals surface area contributed by atoms with Crippen molar-refractivity contribution in [3.63, 3.8) is 0 Å². The van der Waals surface area contributed by atoms with Gasteiger partial charge in [-0.2, -0.15) is 13.8 Å². The number of benzene rings is 2. The van der Waals surface area contributed by atoms with Crippen LogP contribution >= 0.6 is 0 Å². The largest absolute Gasteiger partial charge is 0.339 e. The Morgan fingerprint density at radius 1 is 1.09 bits per heavy atom. The van der Waals surface area contributed by atoms with E-state index in [1.807, 2.05) is 6.92 Å². The normalized spacial score (nSPS) is 18.5. The van der Waals surface area contributed by atoms with Crippen LogP contribution in [0.4, 0.5) is 13.2 Å². The molecule has 0 N–H and O–H groups in total. The van der Waals surface area contributed by atoms with Crippen LogP contribution in [0.3, 0.4) is 0 Å². The molecule has 166 valence electrons. The fourth-order valence-electron chi connectivity index (χ4n) is 4.43. The van der Waals surface area contributed by atoms with Crippen LogP contribution < -0.4 is 0 Å². The zero-order valence-electron chi connectivity index (χ0n) is 17.5. The lowest BCUT2D eigenvalue weighted by Crippen LogP contribution is -2.37. The average molecular weight is 441 g/mol. The van der Waals surface area contributed by atoms with Crippen molar-refractivity contribution in [3.8, 4) is 11.4 Å². The highest BCUT2D eigenvalue weighted by Gasteiger charge is 2.32. The van der Waals surface area contributed by atoms with Gasteiger partial charge in [-0.1, -0.05) is 29.4 Å². The lowest BCUT2D eigenvalue weighted by atomic mass is 9.96. The fourth-order valence-corrected chi connectivity index (χ4v) is 4.43. The van der Waals surface area contributed by atoms with Gasteiger partial charge in [0.15, 0.2) is 0 Å². The van der Waals surface area contributed by atoms with Crippen molar-refractivity contribution >= 4 is 11.0 Å². The number of halogens is 3. The first-order valence-corrected chi connectivity index (χ1v) is 10.6. The first kappa shape index (κ1) is 20.7. The van der Waals surface area contributed by atoms with Gasteiger partial charge in [-0.15, -0.1) is 0 Å². The van der Waals surface area contributed by atoms with Crippen molar-refractivity contribution in [2.45, 2.75) is 38.3 Å². The Balaban J connectivity index is 1.39. The summed E-state index contributed by atoms with van der Waals surface area (Å²) >= 11 is 0. The number of aromatic nitrogens is 4. The highest BCUT2D eigenvalue weighted by Crippen LogP contribution is 2.34. The molecule has 1 aliphatic heterocycles. The number of hydrogen-bond donors (Lipinski definition) is 0. The van der Waals surface area contributed by atoms with E-state index in [-0.39, 0.29) is 17.8 Å². The first-order valence-electron chi connectivity index (χ1n) is 10.6. The van der Waals surface area contributed by atoms with Gasteiger partial charge in [0.2, 0.25) is 11.7 Å². The van der Waals surface area contributed by atoms with Crippen LogP contribution in [0, 0.1) is 5.82 Å². The van der Waals surface area contributed by atoms with Crippen LogP contribution in [-0.2, 0) is 0 Å². The number of rotatable bonds is 5. The summed E-state index contributed by atoms with van der Waals surface area (Å²) in [5.74, 6) is 0.749. The third-order valence-electron chi connectivity index (χ3n) is 6.07. The van der Waals surface area contributed by atoms with E-state index in [1.54, 1.807) is 36.4 Å². The topological polar surface area (TPSA) is 60.0 Å². The maximum Gasteiger partial charge on any atom is 0.320 e. The molecule has 2 aromatic carbocycles. The van der Waals surface area contributed by atoms with Crippen molar-refractivity contribution < 1.29 is 17.7 Å². The molecule has 0 saturated carbocycles. The van der Waals surface area contributed by atoms with Crippen LogP contribution in [0.2, 0.25) is 0 Å². The number of hydrogen-bond acceptors (Lipinski definition) is 5. The van der Waals surface area contributed by atoms with E-state index in [0.29, 0.717) is 40.7 Å². The monoisotopic (exact) mass is 441 g/mol. The Morgan fingerprint density at radius 2 is 1.94 bits per heavy atom. The van der Waals surface area contributed by atoms with Gasteiger partial charge in [-0.3, -0.25) is 9.47 Å². The van der Waals surface area contributed by atoms with Crippen molar-refractivity contribution in [2.75, 3.05) is 13.1 Å². The lowest BCUT2D eigenvalue weighted by Gasteiger charge is -2.35. The zero-order chi connectivity index (χ0) is 22.2. The summed E-state index contributed by atoms with van der Waals surface area (Å²) in [6.07, 6.45) is 1.71. The summed E-state index contributed by atoms with van der Waals surface area (Å²) in [6.45, 7) is 0.562. The van der Waals surface area contributed by atoms with Gasteiger partial charge < -0.3 is 4.52 Å². The second kappa shape index (κ2) is 8.38. The Morgan fingerprint density at radius 3 is 2.75 bits per heavy atom. The molecular weight excluding hydrogens is 419 g/mol. The lowest BCUT2D eigenvalue weighted by molar-refractivity contribution is 0.0612. The molecule has 0 amide bonds. The quantitative estimate of drug-likeness (QED) is 0.406. The molecule has 5 rings (SSSR count). The predicted octanol–water partition coefficient (Wildman–Crippen LogP) is 5.56. The summed E-state index contributed by atoms with van der Waals surface area (Å²) in [4.78, 5) is 11.1. The summed E-state index contributed by atoms with van der Waals surface area (Å²) < 4.78 is 47.8. The molecule has 1 aliphatic rings. The summed E-state index contributed by atoms with van der Waals surface area (Å²) in [7, 11) is 0. The molecule has 9 heteroatoms. The first-order chi connectivity index (χ1) is 15.5. The van der Waals surface area contributed by atoms with E-state index >= 15 is 0 Å². The van der Waals surface area contributed by atoms with E-state index in [1.165, 1.54) is 12.1 Å². The van der Waals surface area contributed by atoms with Gasteiger partial charge >= 0.3 is 6.55 Å². The highest BCUT2D eigenvalue weighted by molar-refractivity contribution is 5.76. The Kier molecular flexibility index (Phi) is 5.42. The standard InChI is InChI=1S/C23H22F3N5O/c1-14(21-27-18-9-2-3-10-19(18)31(21)23(25)26)30-11-5-7-16(13-30)22-28-20(29-32-22)15-6-4-8-17(24)12-15/h2-4,6,8-10,12,14,16,23H,5,7,11,13H2,1H3. The molecule has 1 saturated heterocycles. The zero-order valence-corrected chi connectivity index (χ0v) is 17.5. The molecule has 0 aliphatic carbocycles. The van der Waals surface area contributed by atoms with Crippen LogP contribution in [-0.4, -0.2) is 37.7 Å². The molecule has 3 heterocycles. The minimum Gasteiger partial charge on any atom is -0.339 e. The molecule has 1 fully saturated rings. The minimum absolute atomic E-state index is 0.0367. The minimum atomic E-state index is -2.68. The molecule has 2 unspecified atom stereocenters. The van der Waals surface area contributed by atoms with Gasteiger partial charge in [0.1, 0.15) is 11.6 Å². The molecule has 0 spiro atoms. The van der Waals surface area contributed by atoms with E-state index < -0.39 is 6.55 Å². The van der Waals surface area contributed by atoms with Crippen LogP contribution in [0.15, 0.2) is 53.1 Å². The number of nitrogens with zero attached hydrogens (tertiary/aromatic N) is 5. The molecular formula is C23H22F3N5O. The number of para-hydroxylation sites is 2. The maximum atomic E-state index is 13.9. The second-order valence-corrected chi connectivity index (χ2v) is 8.08. The number of imidazole rings is 1. The van der Waals surface area contributed by atoms with E-state index in [0.717, 1.165) is 24.0 Å². The summed E-state index contributed by atoms with van der Waals surface area (Å²) in [6, 6.07) is 12.7. The highest BCUT2D eigenvalue weighted by atomic mass is 19.3.